The van der Waals surface area contributed by atoms with Crippen LogP contribution < -0.4 is 10.6 Å². The number of halogens is 1. The summed E-state index contributed by atoms with van der Waals surface area (Å²) in [4.78, 5) is 13.6. The third-order valence-corrected chi connectivity index (χ3v) is 7.20. The molecule has 1 unspecified atom stereocenters. The van der Waals surface area contributed by atoms with Gasteiger partial charge in [0.2, 0.25) is 0 Å². The summed E-state index contributed by atoms with van der Waals surface area (Å²) in [5.74, 6) is 2.54. The van der Waals surface area contributed by atoms with E-state index in [2.05, 4.69) is 10.6 Å². The van der Waals surface area contributed by atoms with E-state index in [-0.39, 0.29) is 17.6 Å². The van der Waals surface area contributed by atoms with E-state index in [0.29, 0.717) is 0 Å². The molecule has 1 aromatic heterocycles. The van der Waals surface area contributed by atoms with Crippen molar-refractivity contribution in [3.05, 3.63) is 21.3 Å². The maximum Gasteiger partial charge on any atom is 0.315 e. The molecule has 1 heterocycles. The van der Waals surface area contributed by atoms with Crippen LogP contribution in [0, 0.1) is 17.8 Å². The fourth-order valence-corrected chi connectivity index (χ4v) is 6.43. The highest BCUT2D eigenvalue weighted by atomic mass is 35.5. The van der Waals surface area contributed by atoms with Gasteiger partial charge in [0.1, 0.15) is 0 Å². The molecule has 120 valence electrons. The highest BCUT2D eigenvalue weighted by Gasteiger charge is 2.51. The lowest BCUT2D eigenvalue weighted by atomic mass is 9.53. The third-order valence-electron chi connectivity index (χ3n) is 5.79. The number of thiophene rings is 1. The molecule has 4 bridgehead atoms. The molecule has 2 amide bonds. The number of rotatable bonds is 3. The van der Waals surface area contributed by atoms with Crippen molar-refractivity contribution in [2.75, 3.05) is 0 Å². The first-order valence-corrected chi connectivity index (χ1v) is 9.55. The van der Waals surface area contributed by atoms with Crippen molar-refractivity contribution in [2.45, 2.75) is 57.0 Å². The molecule has 3 nitrogen and oxygen atoms in total. The van der Waals surface area contributed by atoms with Gasteiger partial charge in [-0.15, -0.1) is 11.3 Å². The van der Waals surface area contributed by atoms with Gasteiger partial charge in [0.05, 0.1) is 10.4 Å². The van der Waals surface area contributed by atoms with Crippen LogP contribution in [-0.4, -0.2) is 11.6 Å². The Kier molecular flexibility index (Phi) is 3.65. The molecule has 4 aliphatic carbocycles. The summed E-state index contributed by atoms with van der Waals surface area (Å²) in [7, 11) is 0. The average Bonchev–Trinajstić information content (AvgIpc) is 2.83. The predicted octanol–water partition coefficient (Wildman–Crippen LogP) is 4.73. The van der Waals surface area contributed by atoms with Crippen molar-refractivity contribution in [3.63, 3.8) is 0 Å². The summed E-state index contributed by atoms with van der Waals surface area (Å²) in [5.41, 5.74) is 0.0750. The van der Waals surface area contributed by atoms with Crippen LogP contribution in [0.2, 0.25) is 4.34 Å². The zero-order valence-electron chi connectivity index (χ0n) is 12.9. The van der Waals surface area contributed by atoms with Crippen molar-refractivity contribution in [1.82, 2.24) is 10.6 Å². The maximum absolute atomic E-state index is 12.5. The van der Waals surface area contributed by atoms with E-state index in [1.165, 1.54) is 49.9 Å². The second-order valence-electron chi connectivity index (χ2n) is 7.66. The molecule has 0 saturated heterocycles. The summed E-state index contributed by atoms with van der Waals surface area (Å²) in [6.07, 6.45) is 7.74. The van der Waals surface area contributed by atoms with Gasteiger partial charge in [-0.3, -0.25) is 0 Å². The standard InChI is InChI=1S/C17H23ClN2OS/c1-10(14-2-3-15(18)22-14)19-16(21)20-17-7-11-4-12(8-17)6-13(5-11)9-17/h2-3,10-13H,4-9H2,1H3,(H2,19,20,21). The molecule has 22 heavy (non-hydrogen) atoms. The summed E-state index contributed by atoms with van der Waals surface area (Å²) >= 11 is 7.51. The van der Waals surface area contributed by atoms with Gasteiger partial charge in [-0.05, 0) is 75.3 Å². The molecular weight excluding hydrogens is 316 g/mol. The normalized spacial score (nSPS) is 37.1. The van der Waals surface area contributed by atoms with E-state index in [0.717, 1.165) is 27.0 Å². The van der Waals surface area contributed by atoms with E-state index in [9.17, 15) is 4.79 Å². The minimum absolute atomic E-state index is 0.00594. The van der Waals surface area contributed by atoms with Gasteiger partial charge in [0.15, 0.2) is 0 Å². The van der Waals surface area contributed by atoms with Crippen LogP contribution in [0.3, 0.4) is 0 Å². The van der Waals surface area contributed by atoms with Crippen molar-refractivity contribution in [2.24, 2.45) is 17.8 Å². The van der Waals surface area contributed by atoms with Crippen molar-refractivity contribution < 1.29 is 4.79 Å². The highest BCUT2D eigenvalue weighted by molar-refractivity contribution is 7.16. The van der Waals surface area contributed by atoms with Crippen molar-refractivity contribution >= 4 is 29.0 Å². The van der Waals surface area contributed by atoms with Gasteiger partial charge in [-0.2, -0.15) is 0 Å². The monoisotopic (exact) mass is 338 g/mol. The molecule has 2 N–H and O–H groups in total. The van der Waals surface area contributed by atoms with Crippen LogP contribution in [-0.2, 0) is 0 Å². The van der Waals surface area contributed by atoms with Crippen molar-refractivity contribution in [1.29, 1.82) is 0 Å². The molecule has 0 aliphatic heterocycles. The molecule has 4 saturated carbocycles. The van der Waals surface area contributed by atoms with E-state index in [1.807, 2.05) is 19.1 Å². The average molecular weight is 339 g/mol. The first-order chi connectivity index (χ1) is 10.5. The van der Waals surface area contributed by atoms with Crippen LogP contribution in [0.1, 0.15) is 56.4 Å². The van der Waals surface area contributed by atoms with Gasteiger partial charge in [-0.25, -0.2) is 4.79 Å². The van der Waals surface area contributed by atoms with Gasteiger partial charge < -0.3 is 10.6 Å². The van der Waals surface area contributed by atoms with Gasteiger partial charge in [0.25, 0.3) is 0 Å². The Morgan fingerprint density at radius 3 is 2.32 bits per heavy atom. The summed E-state index contributed by atoms with van der Waals surface area (Å²) < 4.78 is 0.769. The van der Waals surface area contributed by atoms with Crippen LogP contribution in [0.4, 0.5) is 4.79 Å². The minimum Gasteiger partial charge on any atom is -0.333 e. The Bertz CT molecular complexity index is 550. The number of nitrogens with one attached hydrogen (secondary N) is 2. The molecule has 0 spiro atoms. The number of hydrogen-bond donors (Lipinski definition) is 2. The largest absolute Gasteiger partial charge is 0.333 e. The van der Waals surface area contributed by atoms with E-state index >= 15 is 0 Å². The second kappa shape index (κ2) is 5.41. The molecule has 4 aliphatic rings. The van der Waals surface area contributed by atoms with E-state index in [4.69, 9.17) is 11.6 Å². The fraction of sp³-hybridized carbons (Fsp3) is 0.706. The molecule has 4 fully saturated rings. The summed E-state index contributed by atoms with van der Waals surface area (Å²) in [6, 6.07) is 3.87. The molecular formula is C17H23ClN2OS. The fourth-order valence-electron chi connectivity index (χ4n) is 5.37. The minimum atomic E-state index is -0.0148. The predicted molar refractivity (Wildman–Crippen MR) is 90.3 cm³/mol. The zero-order chi connectivity index (χ0) is 15.3. The van der Waals surface area contributed by atoms with Gasteiger partial charge in [0, 0.05) is 10.4 Å². The number of carbonyl (C=O) groups is 1. The molecule has 5 rings (SSSR count). The SMILES string of the molecule is CC(NC(=O)NC12CC3CC(CC(C3)C1)C2)c1ccc(Cl)s1. The number of amides is 2. The first-order valence-electron chi connectivity index (χ1n) is 8.35. The van der Waals surface area contributed by atoms with Crippen LogP contribution >= 0.6 is 22.9 Å². The Morgan fingerprint density at radius 1 is 1.23 bits per heavy atom. The summed E-state index contributed by atoms with van der Waals surface area (Å²) in [5, 5.41) is 6.44. The maximum atomic E-state index is 12.5. The summed E-state index contributed by atoms with van der Waals surface area (Å²) in [6.45, 7) is 2.02. The topological polar surface area (TPSA) is 41.1 Å². The first kappa shape index (κ1) is 14.8. The van der Waals surface area contributed by atoms with E-state index in [1.54, 1.807) is 0 Å². The molecule has 1 aromatic rings. The van der Waals surface area contributed by atoms with Crippen molar-refractivity contribution in [3.8, 4) is 0 Å². The smallest absolute Gasteiger partial charge is 0.315 e. The van der Waals surface area contributed by atoms with E-state index < -0.39 is 0 Å². The number of hydrogen-bond acceptors (Lipinski definition) is 2. The molecule has 0 aromatic carbocycles. The van der Waals surface area contributed by atoms with Crippen LogP contribution in [0.5, 0.6) is 0 Å². The molecule has 0 radical (unpaired) electrons. The van der Waals surface area contributed by atoms with Gasteiger partial charge in [-0.1, -0.05) is 11.6 Å². The highest BCUT2D eigenvalue weighted by Crippen LogP contribution is 2.55. The Balaban J connectivity index is 1.40. The van der Waals surface area contributed by atoms with Crippen LogP contribution in [0.15, 0.2) is 12.1 Å². The number of carbonyl (C=O) groups excluding carboxylic acids is 1. The third kappa shape index (κ3) is 2.76. The molecule has 1 atom stereocenters. The lowest BCUT2D eigenvalue weighted by Crippen LogP contribution is -2.61. The zero-order valence-corrected chi connectivity index (χ0v) is 14.5. The lowest BCUT2D eigenvalue weighted by Gasteiger charge is -2.56. The Hall–Kier alpha value is -0.740. The Morgan fingerprint density at radius 2 is 1.82 bits per heavy atom. The van der Waals surface area contributed by atoms with Crippen LogP contribution in [0.25, 0.3) is 0 Å². The lowest BCUT2D eigenvalue weighted by molar-refractivity contribution is -0.0136. The quantitative estimate of drug-likeness (QED) is 0.821. The molecule has 5 heteroatoms. The number of urea groups is 1. The Labute approximate surface area is 140 Å². The van der Waals surface area contributed by atoms with Gasteiger partial charge >= 0.3 is 6.03 Å². The second-order valence-corrected chi connectivity index (χ2v) is 9.41.